The molecule has 2 saturated heterocycles. The van der Waals surface area contributed by atoms with Gasteiger partial charge in [0.15, 0.2) is 5.92 Å². The number of nitrogens with zero attached hydrogens (tertiary/aromatic N) is 2. The van der Waals surface area contributed by atoms with Gasteiger partial charge in [0.2, 0.25) is 0 Å². The molecule has 0 aliphatic carbocycles. The van der Waals surface area contributed by atoms with Crippen LogP contribution in [0.5, 0.6) is 0 Å². The second-order valence-corrected chi connectivity index (χ2v) is 8.30. The first kappa shape index (κ1) is 23.8. The van der Waals surface area contributed by atoms with Crippen molar-refractivity contribution in [3.8, 4) is 0 Å². The molecule has 3 heterocycles. The summed E-state index contributed by atoms with van der Waals surface area (Å²) in [7, 11) is 0. The number of hydrogen-bond acceptors (Lipinski definition) is 4. The first-order chi connectivity index (χ1) is 15.4. The van der Waals surface area contributed by atoms with Crippen LogP contribution >= 0.6 is 0 Å². The lowest BCUT2D eigenvalue weighted by Crippen LogP contribution is -2.51. The number of likely N-dealkylation sites (tertiary alicyclic amines) is 1. The Kier molecular flexibility index (Phi) is 6.10. The van der Waals surface area contributed by atoms with Gasteiger partial charge in [-0.3, -0.25) is 9.59 Å². The summed E-state index contributed by atoms with van der Waals surface area (Å²) in [5, 5.41) is 0. The largest absolute Gasteiger partial charge is 0.402 e. The molecule has 0 aromatic heterocycles. The molecule has 0 bridgehead atoms. The van der Waals surface area contributed by atoms with Crippen LogP contribution < -0.4 is 4.90 Å². The molecule has 2 amide bonds. The predicted octanol–water partition coefficient (Wildman–Crippen LogP) is 3.99. The second-order valence-electron chi connectivity index (χ2n) is 8.30. The van der Waals surface area contributed by atoms with Crippen molar-refractivity contribution in [2.45, 2.75) is 43.8 Å². The zero-order chi connectivity index (χ0) is 24.0. The molecule has 182 valence electrons. The molecule has 3 aliphatic heterocycles. The van der Waals surface area contributed by atoms with E-state index in [9.17, 15) is 35.9 Å². The Morgan fingerprint density at radius 1 is 0.970 bits per heavy atom. The fourth-order valence-corrected chi connectivity index (χ4v) is 4.42. The van der Waals surface area contributed by atoms with Gasteiger partial charge in [0.25, 0.3) is 17.6 Å². The van der Waals surface area contributed by atoms with Crippen LogP contribution in [0.2, 0.25) is 0 Å². The third-order valence-electron chi connectivity index (χ3n) is 6.11. The summed E-state index contributed by atoms with van der Waals surface area (Å²) < 4.78 is 90.3. The Hall–Kier alpha value is -2.34. The summed E-state index contributed by atoms with van der Waals surface area (Å²) in [6.07, 6.45) is -8.20. The van der Waals surface area contributed by atoms with Gasteiger partial charge in [0.1, 0.15) is 0 Å². The van der Waals surface area contributed by atoms with E-state index >= 15 is 0 Å². The van der Waals surface area contributed by atoms with Crippen molar-refractivity contribution in [3.05, 3.63) is 29.3 Å². The third-order valence-corrected chi connectivity index (χ3v) is 6.11. The van der Waals surface area contributed by atoms with E-state index in [-0.39, 0.29) is 35.9 Å². The van der Waals surface area contributed by atoms with Gasteiger partial charge in [0, 0.05) is 30.8 Å². The average Bonchev–Trinajstić information content (AvgIpc) is 2.98. The van der Waals surface area contributed by atoms with E-state index < -0.39 is 36.5 Å². The lowest BCUT2D eigenvalue weighted by atomic mass is 10.0. The van der Waals surface area contributed by atoms with Gasteiger partial charge in [0.05, 0.1) is 18.9 Å². The van der Waals surface area contributed by atoms with Crippen LogP contribution in [0.1, 0.15) is 41.6 Å². The molecule has 0 atom stereocenters. The Morgan fingerprint density at radius 3 is 2.15 bits per heavy atom. The summed E-state index contributed by atoms with van der Waals surface area (Å²) in [4.78, 5) is 28.1. The molecule has 0 unspecified atom stereocenters. The zero-order valence-corrected chi connectivity index (χ0v) is 17.5. The lowest BCUT2D eigenvalue weighted by Gasteiger charge is -2.33. The minimum Gasteiger partial charge on any atom is -0.339 e. The number of carbonyl (C=O) groups is 2. The lowest BCUT2D eigenvalue weighted by molar-refractivity contribution is -0.281. The van der Waals surface area contributed by atoms with Gasteiger partial charge in [-0.1, -0.05) is 0 Å². The Bertz CT molecular complexity index is 906. The van der Waals surface area contributed by atoms with Crippen LogP contribution in [0.4, 0.5) is 32.0 Å². The maximum Gasteiger partial charge on any atom is 0.402 e. The van der Waals surface area contributed by atoms with E-state index in [1.165, 1.54) is 18.2 Å². The van der Waals surface area contributed by atoms with E-state index in [1.807, 2.05) is 0 Å². The van der Waals surface area contributed by atoms with Crippen LogP contribution in [0.3, 0.4) is 0 Å². The van der Waals surface area contributed by atoms with E-state index in [4.69, 9.17) is 9.47 Å². The number of amides is 2. The first-order valence-corrected chi connectivity index (χ1v) is 10.6. The van der Waals surface area contributed by atoms with Crippen LogP contribution in [0.25, 0.3) is 0 Å². The summed E-state index contributed by atoms with van der Waals surface area (Å²) in [5.41, 5.74) is -0.0978. The monoisotopic (exact) mass is 480 g/mol. The molecule has 33 heavy (non-hydrogen) atoms. The molecular weight excluding hydrogens is 458 g/mol. The SMILES string of the molecule is O=C(c1ccc2c(c1)C1(OCCCO1)C(=O)N2CC(C(F)(F)F)C(F)(F)F)N1CCCCC1. The van der Waals surface area contributed by atoms with Gasteiger partial charge >= 0.3 is 12.4 Å². The fraction of sp³-hybridized carbons (Fsp3) is 0.619. The van der Waals surface area contributed by atoms with E-state index in [2.05, 4.69) is 0 Å². The summed E-state index contributed by atoms with van der Waals surface area (Å²) in [6, 6.07) is 3.77. The molecule has 2 fully saturated rings. The number of rotatable bonds is 3. The maximum atomic E-state index is 13.2. The predicted molar refractivity (Wildman–Crippen MR) is 102 cm³/mol. The molecule has 1 spiro atoms. The normalized spacial score (nSPS) is 21.1. The van der Waals surface area contributed by atoms with Crippen molar-refractivity contribution in [1.82, 2.24) is 4.90 Å². The number of piperidine rings is 1. The van der Waals surface area contributed by atoms with Crippen LogP contribution in [-0.2, 0) is 20.1 Å². The summed E-state index contributed by atoms with van der Waals surface area (Å²) in [6.45, 7) is -0.556. The molecule has 12 heteroatoms. The molecule has 4 rings (SSSR count). The first-order valence-electron chi connectivity index (χ1n) is 10.6. The topological polar surface area (TPSA) is 59.1 Å². The van der Waals surface area contributed by atoms with E-state index in [0.717, 1.165) is 19.3 Å². The minimum absolute atomic E-state index is 0.0191. The second kappa shape index (κ2) is 8.46. The Labute approximate surface area is 185 Å². The highest BCUT2D eigenvalue weighted by Gasteiger charge is 2.61. The quantitative estimate of drug-likeness (QED) is 0.614. The van der Waals surface area contributed by atoms with Crippen LogP contribution in [0.15, 0.2) is 18.2 Å². The Morgan fingerprint density at radius 2 is 1.58 bits per heavy atom. The summed E-state index contributed by atoms with van der Waals surface area (Å²) >= 11 is 0. The highest BCUT2D eigenvalue weighted by atomic mass is 19.4. The number of halogens is 6. The highest BCUT2D eigenvalue weighted by molar-refractivity contribution is 6.07. The van der Waals surface area contributed by atoms with Crippen molar-refractivity contribution in [2.75, 3.05) is 37.7 Å². The number of ether oxygens (including phenoxy) is 2. The molecular formula is C21H22F6N2O4. The number of anilines is 1. The van der Waals surface area contributed by atoms with Crippen molar-refractivity contribution >= 4 is 17.5 Å². The molecule has 0 N–H and O–H groups in total. The van der Waals surface area contributed by atoms with E-state index in [0.29, 0.717) is 24.4 Å². The van der Waals surface area contributed by atoms with Gasteiger partial charge in [-0.25, -0.2) is 0 Å². The van der Waals surface area contributed by atoms with Gasteiger partial charge in [-0.05, 0) is 43.9 Å². The van der Waals surface area contributed by atoms with Crippen LogP contribution in [0, 0.1) is 5.92 Å². The van der Waals surface area contributed by atoms with Crippen molar-refractivity contribution in [2.24, 2.45) is 5.92 Å². The number of fused-ring (bicyclic) bond motifs is 2. The molecule has 1 aromatic rings. The van der Waals surface area contributed by atoms with Crippen molar-refractivity contribution < 1.29 is 45.4 Å². The molecule has 0 radical (unpaired) electrons. The Balaban J connectivity index is 1.74. The third kappa shape index (κ3) is 4.30. The molecule has 0 saturated carbocycles. The maximum absolute atomic E-state index is 13.2. The van der Waals surface area contributed by atoms with Crippen molar-refractivity contribution in [1.29, 1.82) is 0 Å². The smallest absolute Gasteiger partial charge is 0.339 e. The number of hydrogen-bond donors (Lipinski definition) is 0. The number of carbonyl (C=O) groups excluding carboxylic acids is 2. The zero-order valence-electron chi connectivity index (χ0n) is 17.5. The fourth-order valence-electron chi connectivity index (χ4n) is 4.42. The van der Waals surface area contributed by atoms with E-state index in [1.54, 1.807) is 4.90 Å². The van der Waals surface area contributed by atoms with Crippen LogP contribution in [-0.4, -0.2) is 61.9 Å². The van der Waals surface area contributed by atoms with Crippen molar-refractivity contribution in [3.63, 3.8) is 0 Å². The minimum atomic E-state index is -5.62. The number of benzene rings is 1. The van der Waals surface area contributed by atoms with Gasteiger partial charge in [-0.2, -0.15) is 26.3 Å². The molecule has 3 aliphatic rings. The highest BCUT2D eigenvalue weighted by Crippen LogP contribution is 2.48. The molecule has 6 nitrogen and oxygen atoms in total. The average molecular weight is 480 g/mol. The van der Waals surface area contributed by atoms with Gasteiger partial charge < -0.3 is 19.3 Å². The summed E-state index contributed by atoms with van der Waals surface area (Å²) in [5.74, 6) is -7.43. The number of alkyl halides is 6. The molecule has 1 aromatic carbocycles. The standard InChI is InChI=1S/C21H22F6N2O4/c22-20(23,24)16(21(25,26)27)12-29-15-6-5-13(17(30)28-7-2-1-3-8-28)11-14(15)19(18(29)31)32-9-4-10-33-19/h5-6,11,16H,1-4,7-10,12H2. The van der Waals surface area contributed by atoms with Gasteiger partial charge in [-0.15, -0.1) is 0 Å².